The largest absolute Gasteiger partial charge is 0.478 e. The molecule has 5 heteroatoms. The number of aromatic carboxylic acids is 1. The molecule has 5 nitrogen and oxygen atoms in total. The first-order valence-corrected chi connectivity index (χ1v) is 6.90. The van der Waals surface area contributed by atoms with Crippen molar-refractivity contribution in [3.05, 3.63) is 47.7 Å². The molecule has 0 saturated heterocycles. The quantitative estimate of drug-likeness (QED) is 0.885. The summed E-state index contributed by atoms with van der Waals surface area (Å²) in [5.74, 6) is -0.128. The van der Waals surface area contributed by atoms with Crippen molar-refractivity contribution in [1.82, 2.24) is 4.98 Å². The maximum absolute atomic E-state index is 11.5. The van der Waals surface area contributed by atoms with Crippen LogP contribution in [0.25, 0.3) is 0 Å². The number of carboxylic acids is 1. The Balaban J connectivity index is 2.15. The van der Waals surface area contributed by atoms with Crippen molar-refractivity contribution in [1.29, 1.82) is 0 Å². The number of pyridine rings is 1. The van der Waals surface area contributed by atoms with Crippen LogP contribution in [0, 0.1) is 5.92 Å². The van der Waals surface area contributed by atoms with Gasteiger partial charge in [0, 0.05) is 12.2 Å². The third-order valence-corrected chi connectivity index (χ3v) is 3.72. The molecule has 1 aliphatic heterocycles. The molecule has 1 unspecified atom stereocenters. The van der Waals surface area contributed by atoms with Gasteiger partial charge in [0.2, 0.25) is 0 Å². The predicted octanol–water partition coefficient (Wildman–Crippen LogP) is 2.69. The summed E-state index contributed by atoms with van der Waals surface area (Å²) in [4.78, 5) is 17.7. The highest BCUT2D eigenvalue weighted by Crippen LogP contribution is 2.36. The van der Waals surface area contributed by atoms with Gasteiger partial charge in [-0.25, -0.2) is 9.78 Å². The molecule has 0 amide bonds. The average Bonchev–Trinajstić information content (AvgIpc) is 2.46. The lowest BCUT2D eigenvalue weighted by Gasteiger charge is -2.34. The molecule has 108 valence electrons. The fourth-order valence-corrected chi connectivity index (χ4v) is 2.84. The summed E-state index contributed by atoms with van der Waals surface area (Å²) in [5.41, 5.74) is 8.40. The minimum Gasteiger partial charge on any atom is -0.478 e. The van der Waals surface area contributed by atoms with Crippen molar-refractivity contribution in [2.24, 2.45) is 5.92 Å². The number of nitrogens with zero attached hydrogens (tertiary/aromatic N) is 2. The Hall–Kier alpha value is -2.56. The lowest BCUT2D eigenvalue weighted by molar-refractivity contribution is 0.0697. The van der Waals surface area contributed by atoms with Crippen LogP contribution in [0.2, 0.25) is 0 Å². The van der Waals surface area contributed by atoms with Crippen molar-refractivity contribution >= 4 is 23.2 Å². The van der Waals surface area contributed by atoms with Gasteiger partial charge in [0.1, 0.15) is 11.4 Å². The van der Waals surface area contributed by atoms with Gasteiger partial charge < -0.3 is 15.7 Å². The molecular formula is C16H17N3O2. The highest BCUT2D eigenvalue weighted by molar-refractivity contribution is 5.95. The smallest absolute Gasteiger partial charge is 0.339 e. The molecule has 1 aromatic carbocycles. The van der Waals surface area contributed by atoms with Gasteiger partial charge in [-0.05, 0) is 30.0 Å². The second kappa shape index (κ2) is 5.09. The summed E-state index contributed by atoms with van der Waals surface area (Å²) in [6.07, 6.45) is 2.49. The predicted molar refractivity (Wildman–Crippen MR) is 81.9 cm³/mol. The Morgan fingerprint density at radius 2 is 2.19 bits per heavy atom. The molecule has 0 saturated carbocycles. The summed E-state index contributed by atoms with van der Waals surface area (Å²) in [5, 5.41) is 9.41. The van der Waals surface area contributed by atoms with Crippen molar-refractivity contribution in [2.75, 3.05) is 17.2 Å². The SMILES string of the molecule is CC1Cc2ccccc2N(c2ncc(N)cc2C(=O)O)C1. The van der Waals surface area contributed by atoms with Gasteiger partial charge in [0.25, 0.3) is 0 Å². The van der Waals surface area contributed by atoms with Crippen LogP contribution >= 0.6 is 0 Å². The second-order valence-corrected chi connectivity index (χ2v) is 5.49. The van der Waals surface area contributed by atoms with Crippen LogP contribution in [0.3, 0.4) is 0 Å². The third kappa shape index (κ3) is 2.42. The van der Waals surface area contributed by atoms with Crippen LogP contribution in [-0.4, -0.2) is 22.6 Å². The normalized spacial score (nSPS) is 17.4. The Labute approximate surface area is 123 Å². The highest BCUT2D eigenvalue weighted by Gasteiger charge is 2.26. The number of carbonyl (C=O) groups is 1. The number of rotatable bonds is 2. The maximum atomic E-state index is 11.5. The first-order valence-electron chi connectivity index (χ1n) is 6.90. The van der Waals surface area contributed by atoms with Gasteiger partial charge in [-0.3, -0.25) is 0 Å². The van der Waals surface area contributed by atoms with E-state index in [1.54, 1.807) is 0 Å². The van der Waals surface area contributed by atoms with Crippen LogP contribution in [0.15, 0.2) is 36.5 Å². The van der Waals surface area contributed by atoms with Crippen LogP contribution in [0.1, 0.15) is 22.8 Å². The Bertz CT molecular complexity index is 700. The van der Waals surface area contributed by atoms with Gasteiger partial charge in [-0.2, -0.15) is 0 Å². The molecule has 21 heavy (non-hydrogen) atoms. The number of nitrogen functional groups attached to an aromatic ring is 1. The van der Waals surface area contributed by atoms with E-state index in [0.29, 0.717) is 17.4 Å². The van der Waals surface area contributed by atoms with Crippen molar-refractivity contribution in [3.63, 3.8) is 0 Å². The van der Waals surface area contributed by atoms with Crippen molar-refractivity contribution in [3.8, 4) is 0 Å². The Morgan fingerprint density at radius 1 is 1.43 bits per heavy atom. The number of fused-ring (bicyclic) bond motifs is 1. The minimum atomic E-state index is -1.01. The summed E-state index contributed by atoms with van der Waals surface area (Å²) >= 11 is 0. The summed E-state index contributed by atoms with van der Waals surface area (Å²) in [6, 6.07) is 9.51. The molecule has 3 N–H and O–H groups in total. The van der Waals surface area contributed by atoms with Crippen molar-refractivity contribution in [2.45, 2.75) is 13.3 Å². The minimum absolute atomic E-state index is 0.138. The molecular weight excluding hydrogens is 266 g/mol. The fourth-order valence-electron chi connectivity index (χ4n) is 2.84. The molecule has 1 aliphatic rings. The third-order valence-electron chi connectivity index (χ3n) is 3.72. The number of benzene rings is 1. The van der Waals surface area contributed by atoms with Gasteiger partial charge >= 0.3 is 5.97 Å². The van der Waals surface area contributed by atoms with Crippen LogP contribution in [0.5, 0.6) is 0 Å². The molecule has 0 spiro atoms. The number of anilines is 3. The summed E-state index contributed by atoms with van der Waals surface area (Å²) in [6.45, 7) is 2.90. The van der Waals surface area contributed by atoms with Gasteiger partial charge in [0.15, 0.2) is 0 Å². The number of aromatic nitrogens is 1. The molecule has 0 aliphatic carbocycles. The number of nitrogens with two attached hydrogens (primary N) is 1. The molecule has 0 fully saturated rings. The number of hydrogen-bond acceptors (Lipinski definition) is 4. The number of carboxylic acid groups (broad SMARTS) is 1. The summed E-state index contributed by atoms with van der Waals surface area (Å²) in [7, 11) is 0. The summed E-state index contributed by atoms with van der Waals surface area (Å²) < 4.78 is 0. The van der Waals surface area contributed by atoms with E-state index in [4.69, 9.17) is 5.73 Å². The van der Waals surface area contributed by atoms with E-state index >= 15 is 0 Å². The monoisotopic (exact) mass is 283 g/mol. The van der Waals surface area contributed by atoms with Crippen molar-refractivity contribution < 1.29 is 9.90 Å². The zero-order chi connectivity index (χ0) is 15.0. The average molecular weight is 283 g/mol. The standard InChI is InChI=1S/C16H17N3O2/c1-10-6-11-4-2-3-5-14(11)19(9-10)15-13(16(20)21)7-12(17)8-18-15/h2-5,7-8,10H,6,9,17H2,1H3,(H,20,21). The van der Waals surface area contributed by atoms with E-state index < -0.39 is 5.97 Å². The molecule has 1 atom stereocenters. The number of para-hydroxylation sites is 1. The molecule has 2 heterocycles. The second-order valence-electron chi connectivity index (χ2n) is 5.49. The Morgan fingerprint density at radius 3 is 2.95 bits per heavy atom. The van der Waals surface area contributed by atoms with E-state index in [1.165, 1.54) is 17.8 Å². The fraction of sp³-hybridized carbons (Fsp3) is 0.250. The molecule has 2 aromatic rings. The lowest BCUT2D eigenvalue weighted by Crippen LogP contribution is -2.32. The van der Waals surface area contributed by atoms with E-state index in [9.17, 15) is 9.90 Å². The topological polar surface area (TPSA) is 79.5 Å². The molecule has 1 aromatic heterocycles. The molecule has 0 radical (unpaired) electrons. The van der Waals surface area contributed by atoms with Gasteiger partial charge in [-0.15, -0.1) is 0 Å². The Kier molecular flexibility index (Phi) is 3.25. The van der Waals surface area contributed by atoms with E-state index in [1.807, 2.05) is 23.1 Å². The van der Waals surface area contributed by atoms with Gasteiger partial charge in [0.05, 0.1) is 11.9 Å². The van der Waals surface area contributed by atoms with Crippen LogP contribution in [-0.2, 0) is 6.42 Å². The lowest BCUT2D eigenvalue weighted by atomic mass is 9.93. The van der Waals surface area contributed by atoms with Gasteiger partial charge in [-0.1, -0.05) is 25.1 Å². The van der Waals surface area contributed by atoms with E-state index in [-0.39, 0.29) is 5.56 Å². The zero-order valence-electron chi connectivity index (χ0n) is 11.8. The zero-order valence-corrected chi connectivity index (χ0v) is 11.8. The first-order chi connectivity index (χ1) is 10.1. The highest BCUT2D eigenvalue weighted by atomic mass is 16.4. The molecule has 0 bridgehead atoms. The maximum Gasteiger partial charge on any atom is 0.339 e. The van der Waals surface area contributed by atoms with E-state index in [2.05, 4.69) is 18.0 Å². The van der Waals surface area contributed by atoms with E-state index in [0.717, 1.165) is 18.7 Å². The van der Waals surface area contributed by atoms with Crippen LogP contribution < -0.4 is 10.6 Å². The first kappa shape index (κ1) is 13.4. The van der Waals surface area contributed by atoms with Crippen LogP contribution in [0.4, 0.5) is 17.2 Å². The number of hydrogen-bond donors (Lipinski definition) is 2. The molecule has 3 rings (SSSR count).